The normalized spacial score (nSPS) is 15.8. The second-order valence-electron chi connectivity index (χ2n) is 5.54. The molecular formula is C17H15N3O. The second kappa shape index (κ2) is 4.45. The smallest absolute Gasteiger partial charge is 0.252 e. The van der Waals surface area contributed by atoms with Gasteiger partial charge in [-0.1, -0.05) is 36.4 Å². The lowest BCUT2D eigenvalue weighted by molar-refractivity contribution is 0.0932. The Hall–Kier alpha value is -2.62. The van der Waals surface area contributed by atoms with E-state index in [2.05, 4.69) is 27.6 Å². The zero-order valence-corrected chi connectivity index (χ0v) is 11.5. The maximum Gasteiger partial charge on any atom is 0.252 e. The minimum absolute atomic E-state index is 0.0386. The number of aromatic amines is 1. The molecule has 1 amide bonds. The summed E-state index contributed by atoms with van der Waals surface area (Å²) in [5.74, 6) is -0.0386. The zero-order chi connectivity index (χ0) is 14.3. The third-order valence-electron chi connectivity index (χ3n) is 4.16. The monoisotopic (exact) mass is 277 g/mol. The number of fused-ring (bicyclic) bond motifs is 1. The Morgan fingerprint density at radius 3 is 2.67 bits per heavy atom. The lowest BCUT2D eigenvalue weighted by atomic mass is 10.0. The van der Waals surface area contributed by atoms with Crippen molar-refractivity contribution in [2.24, 2.45) is 0 Å². The van der Waals surface area contributed by atoms with Crippen LogP contribution in [0, 0.1) is 0 Å². The van der Waals surface area contributed by atoms with Crippen molar-refractivity contribution in [1.29, 1.82) is 0 Å². The fourth-order valence-electron chi connectivity index (χ4n) is 2.82. The molecule has 1 saturated carbocycles. The van der Waals surface area contributed by atoms with Crippen LogP contribution in [-0.2, 0) is 5.54 Å². The molecule has 4 rings (SSSR count). The summed E-state index contributed by atoms with van der Waals surface area (Å²) in [7, 11) is 0. The van der Waals surface area contributed by atoms with E-state index >= 15 is 0 Å². The van der Waals surface area contributed by atoms with Gasteiger partial charge in [-0.3, -0.25) is 9.89 Å². The summed E-state index contributed by atoms with van der Waals surface area (Å²) in [4.78, 5) is 12.6. The van der Waals surface area contributed by atoms with Crippen molar-refractivity contribution in [2.45, 2.75) is 18.4 Å². The molecule has 1 heterocycles. The highest BCUT2D eigenvalue weighted by Crippen LogP contribution is 2.45. The van der Waals surface area contributed by atoms with Crippen molar-refractivity contribution < 1.29 is 4.79 Å². The summed E-state index contributed by atoms with van der Waals surface area (Å²) in [6, 6.07) is 15.8. The highest BCUT2D eigenvalue weighted by atomic mass is 16.1. The Morgan fingerprint density at radius 2 is 1.90 bits per heavy atom. The van der Waals surface area contributed by atoms with Crippen LogP contribution in [0.15, 0.2) is 54.7 Å². The van der Waals surface area contributed by atoms with E-state index in [0.29, 0.717) is 5.56 Å². The molecule has 104 valence electrons. The quantitative estimate of drug-likeness (QED) is 0.773. The number of hydrogen-bond donors (Lipinski definition) is 2. The van der Waals surface area contributed by atoms with Gasteiger partial charge < -0.3 is 5.32 Å². The summed E-state index contributed by atoms with van der Waals surface area (Å²) < 4.78 is 0. The van der Waals surface area contributed by atoms with Gasteiger partial charge in [0.1, 0.15) is 0 Å². The number of aromatic nitrogens is 2. The van der Waals surface area contributed by atoms with Crippen LogP contribution in [0.25, 0.3) is 10.9 Å². The SMILES string of the molecule is O=C(NC1(c2ccccc2)CC1)c1cccc2[nH]ncc12. The minimum atomic E-state index is -0.190. The second-order valence-corrected chi connectivity index (χ2v) is 5.54. The molecule has 4 nitrogen and oxygen atoms in total. The summed E-state index contributed by atoms with van der Waals surface area (Å²) in [5, 5.41) is 11.0. The minimum Gasteiger partial charge on any atom is -0.343 e. The van der Waals surface area contributed by atoms with E-state index in [9.17, 15) is 4.79 Å². The first kappa shape index (κ1) is 12.1. The summed E-state index contributed by atoms with van der Waals surface area (Å²) in [5.41, 5.74) is 2.54. The predicted octanol–water partition coefficient (Wildman–Crippen LogP) is 2.98. The number of nitrogens with zero attached hydrogens (tertiary/aromatic N) is 1. The first-order chi connectivity index (χ1) is 10.3. The molecule has 21 heavy (non-hydrogen) atoms. The molecule has 4 heteroatoms. The molecule has 3 aromatic rings. The largest absolute Gasteiger partial charge is 0.343 e. The number of carbonyl (C=O) groups excluding carboxylic acids is 1. The molecule has 2 N–H and O–H groups in total. The van der Waals surface area contributed by atoms with Gasteiger partial charge in [0.15, 0.2) is 0 Å². The van der Waals surface area contributed by atoms with E-state index in [0.717, 1.165) is 23.7 Å². The average Bonchev–Trinajstić information content (AvgIpc) is 3.14. The van der Waals surface area contributed by atoms with Gasteiger partial charge in [-0.25, -0.2) is 0 Å². The highest BCUT2D eigenvalue weighted by molar-refractivity contribution is 6.06. The van der Waals surface area contributed by atoms with Gasteiger partial charge in [0.25, 0.3) is 5.91 Å². The lowest BCUT2D eigenvalue weighted by Crippen LogP contribution is -2.34. The molecular weight excluding hydrogens is 262 g/mol. The summed E-state index contributed by atoms with van der Waals surface area (Å²) in [6.45, 7) is 0. The summed E-state index contributed by atoms with van der Waals surface area (Å²) in [6.07, 6.45) is 3.68. The highest BCUT2D eigenvalue weighted by Gasteiger charge is 2.45. The van der Waals surface area contributed by atoms with Gasteiger partial charge >= 0.3 is 0 Å². The number of benzene rings is 2. The lowest BCUT2D eigenvalue weighted by Gasteiger charge is -2.18. The number of carbonyl (C=O) groups is 1. The van der Waals surface area contributed by atoms with Crippen molar-refractivity contribution in [3.63, 3.8) is 0 Å². The number of hydrogen-bond acceptors (Lipinski definition) is 2. The van der Waals surface area contributed by atoms with E-state index < -0.39 is 0 Å². The van der Waals surface area contributed by atoms with Gasteiger partial charge in [-0.15, -0.1) is 0 Å². The van der Waals surface area contributed by atoms with E-state index in [-0.39, 0.29) is 11.4 Å². The third kappa shape index (κ3) is 2.00. The van der Waals surface area contributed by atoms with Crippen LogP contribution < -0.4 is 5.32 Å². The Labute approximate surface area is 122 Å². The van der Waals surface area contributed by atoms with Gasteiger partial charge in [-0.05, 0) is 30.5 Å². The van der Waals surface area contributed by atoms with Crippen LogP contribution >= 0.6 is 0 Å². The van der Waals surface area contributed by atoms with Crippen LogP contribution in [0.3, 0.4) is 0 Å². The van der Waals surface area contributed by atoms with E-state index in [1.807, 2.05) is 36.4 Å². The molecule has 1 fully saturated rings. The Kier molecular flexibility index (Phi) is 2.57. The predicted molar refractivity (Wildman–Crippen MR) is 80.9 cm³/mol. The number of rotatable bonds is 3. The number of amides is 1. The van der Waals surface area contributed by atoms with Crippen LogP contribution in [0.1, 0.15) is 28.8 Å². The van der Waals surface area contributed by atoms with Crippen molar-refractivity contribution in [3.8, 4) is 0 Å². The molecule has 1 aliphatic rings. The first-order valence-electron chi connectivity index (χ1n) is 7.09. The molecule has 0 aliphatic heterocycles. The number of nitrogens with one attached hydrogen (secondary N) is 2. The van der Waals surface area contributed by atoms with Crippen LogP contribution in [0.4, 0.5) is 0 Å². The molecule has 1 aliphatic carbocycles. The van der Waals surface area contributed by atoms with Crippen LogP contribution in [0.2, 0.25) is 0 Å². The van der Waals surface area contributed by atoms with Crippen LogP contribution in [0.5, 0.6) is 0 Å². The van der Waals surface area contributed by atoms with Gasteiger partial charge in [0.2, 0.25) is 0 Å². The Balaban J connectivity index is 1.66. The standard InChI is InChI=1S/C17H15N3O/c21-16(13-7-4-8-15-14(13)11-18-20-15)19-17(9-10-17)12-5-2-1-3-6-12/h1-8,11H,9-10H2,(H,18,20)(H,19,21). The zero-order valence-electron chi connectivity index (χ0n) is 11.5. The molecule has 0 radical (unpaired) electrons. The van der Waals surface area contributed by atoms with Crippen molar-refractivity contribution >= 4 is 16.8 Å². The van der Waals surface area contributed by atoms with Crippen molar-refractivity contribution in [1.82, 2.24) is 15.5 Å². The number of H-pyrrole nitrogens is 1. The third-order valence-corrected chi connectivity index (χ3v) is 4.16. The van der Waals surface area contributed by atoms with Crippen LogP contribution in [-0.4, -0.2) is 16.1 Å². The molecule has 2 aromatic carbocycles. The van der Waals surface area contributed by atoms with Crippen molar-refractivity contribution in [3.05, 3.63) is 65.9 Å². The maximum absolute atomic E-state index is 12.6. The fraction of sp³-hybridized carbons (Fsp3) is 0.176. The van der Waals surface area contributed by atoms with Crippen molar-refractivity contribution in [2.75, 3.05) is 0 Å². The first-order valence-corrected chi connectivity index (χ1v) is 7.09. The van der Waals surface area contributed by atoms with E-state index in [4.69, 9.17) is 0 Å². The Morgan fingerprint density at radius 1 is 1.10 bits per heavy atom. The van der Waals surface area contributed by atoms with E-state index in [1.54, 1.807) is 6.20 Å². The molecule has 1 aromatic heterocycles. The van der Waals surface area contributed by atoms with Gasteiger partial charge in [-0.2, -0.15) is 5.10 Å². The van der Waals surface area contributed by atoms with Gasteiger partial charge in [0, 0.05) is 5.39 Å². The van der Waals surface area contributed by atoms with Gasteiger partial charge in [0.05, 0.1) is 22.8 Å². The molecule has 0 atom stereocenters. The van der Waals surface area contributed by atoms with E-state index in [1.165, 1.54) is 5.56 Å². The maximum atomic E-state index is 12.6. The Bertz CT molecular complexity index is 803. The average molecular weight is 277 g/mol. The molecule has 0 bridgehead atoms. The molecule has 0 unspecified atom stereocenters. The fourth-order valence-corrected chi connectivity index (χ4v) is 2.82. The summed E-state index contributed by atoms with van der Waals surface area (Å²) >= 11 is 0. The topological polar surface area (TPSA) is 57.8 Å². The molecule has 0 spiro atoms. The molecule has 0 saturated heterocycles.